The molecule has 24 heavy (non-hydrogen) atoms. The molecule has 0 radical (unpaired) electrons. The van der Waals surface area contributed by atoms with E-state index in [2.05, 4.69) is 11.8 Å². The fourth-order valence-electron chi connectivity index (χ4n) is 2.28. The third-order valence-electron chi connectivity index (χ3n) is 3.51. The van der Waals surface area contributed by atoms with Crippen molar-refractivity contribution in [3.8, 4) is 11.8 Å². The first-order chi connectivity index (χ1) is 11.8. The Labute approximate surface area is 142 Å². The fraction of sp³-hybridized carbons (Fsp3) is 0. The molecule has 0 saturated carbocycles. The summed E-state index contributed by atoms with van der Waals surface area (Å²) in [4.78, 5) is 12.8. The largest absolute Gasteiger partial charge is 0.288 e. The van der Waals surface area contributed by atoms with Crippen molar-refractivity contribution in [1.29, 1.82) is 0 Å². The highest BCUT2D eigenvalue weighted by molar-refractivity contribution is 6.14. The Hall–Kier alpha value is -3.37. The predicted molar refractivity (Wildman–Crippen MR) is 98.5 cm³/mol. The zero-order valence-electron chi connectivity index (χ0n) is 13.1. The minimum Gasteiger partial charge on any atom is -0.288 e. The van der Waals surface area contributed by atoms with Gasteiger partial charge in [-0.1, -0.05) is 90.7 Å². The summed E-state index contributed by atoms with van der Waals surface area (Å²) in [5.74, 6) is 6.05. The van der Waals surface area contributed by atoms with Crippen molar-refractivity contribution in [2.24, 2.45) is 0 Å². The van der Waals surface area contributed by atoms with E-state index in [1.165, 1.54) is 0 Å². The Balaban J connectivity index is 2.00. The Bertz CT molecular complexity index is 896. The zero-order valence-corrected chi connectivity index (χ0v) is 13.1. The fourth-order valence-corrected chi connectivity index (χ4v) is 2.28. The van der Waals surface area contributed by atoms with E-state index in [0.29, 0.717) is 11.1 Å². The molecule has 3 aromatic carbocycles. The van der Waals surface area contributed by atoms with Crippen LogP contribution in [0.25, 0.3) is 6.08 Å². The molecule has 0 bridgehead atoms. The van der Waals surface area contributed by atoms with Gasteiger partial charge in [0.15, 0.2) is 0 Å². The van der Waals surface area contributed by atoms with Crippen LogP contribution in [-0.2, 0) is 0 Å². The van der Waals surface area contributed by atoms with Crippen molar-refractivity contribution in [1.82, 2.24) is 0 Å². The van der Waals surface area contributed by atoms with Gasteiger partial charge in [-0.25, -0.2) is 0 Å². The predicted octanol–water partition coefficient (Wildman–Crippen LogP) is 5.00. The van der Waals surface area contributed by atoms with Crippen LogP contribution in [0.5, 0.6) is 0 Å². The quantitative estimate of drug-likeness (QED) is 0.378. The van der Waals surface area contributed by atoms with Crippen molar-refractivity contribution in [2.45, 2.75) is 0 Å². The van der Waals surface area contributed by atoms with Crippen molar-refractivity contribution >= 4 is 11.9 Å². The average molecular weight is 308 g/mol. The standard InChI is InChI=1S/C23H16O/c24-23(21-14-8-3-9-15-21)22(18-20-12-6-2-7-13-20)17-16-19-10-4-1-5-11-19/h1-15,18H/b22-18+. The Morgan fingerprint density at radius 2 is 1.25 bits per heavy atom. The Kier molecular flexibility index (Phi) is 5.02. The van der Waals surface area contributed by atoms with Gasteiger partial charge in [-0.3, -0.25) is 4.79 Å². The van der Waals surface area contributed by atoms with Gasteiger partial charge < -0.3 is 0 Å². The summed E-state index contributed by atoms with van der Waals surface area (Å²) in [5, 5.41) is 0. The summed E-state index contributed by atoms with van der Waals surface area (Å²) in [5.41, 5.74) is 2.97. The Morgan fingerprint density at radius 3 is 1.88 bits per heavy atom. The number of hydrogen-bond acceptors (Lipinski definition) is 1. The molecule has 0 aliphatic carbocycles. The number of rotatable bonds is 3. The molecular formula is C23H16O. The van der Waals surface area contributed by atoms with Crippen molar-refractivity contribution in [3.63, 3.8) is 0 Å². The topological polar surface area (TPSA) is 17.1 Å². The molecule has 0 saturated heterocycles. The van der Waals surface area contributed by atoms with Gasteiger partial charge in [0.25, 0.3) is 0 Å². The molecule has 0 fully saturated rings. The molecule has 0 unspecified atom stereocenters. The van der Waals surface area contributed by atoms with Crippen LogP contribution in [0, 0.1) is 11.8 Å². The van der Waals surface area contributed by atoms with Crippen LogP contribution in [0.2, 0.25) is 0 Å². The summed E-state index contributed by atoms with van der Waals surface area (Å²) in [7, 11) is 0. The number of hydrogen-bond donors (Lipinski definition) is 0. The van der Waals surface area contributed by atoms with E-state index in [1.54, 1.807) is 0 Å². The van der Waals surface area contributed by atoms with Crippen LogP contribution in [0.3, 0.4) is 0 Å². The van der Waals surface area contributed by atoms with E-state index >= 15 is 0 Å². The Morgan fingerprint density at radius 1 is 0.708 bits per heavy atom. The maximum atomic E-state index is 12.8. The van der Waals surface area contributed by atoms with E-state index in [4.69, 9.17) is 0 Å². The summed E-state index contributed by atoms with van der Waals surface area (Å²) in [6, 6.07) is 28.7. The van der Waals surface area contributed by atoms with E-state index in [9.17, 15) is 4.79 Å². The normalized spacial score (nSPS) is 10.6. The second kappa shape index (κ2) is 7.76. The first kappa shape index (κ1) is 15.5. The first-order valence-electron chi connectivity index (χ1n) is 7.76. The number of ketones is 1. The van der Waals surface area contributed by atoms with Gasteiger partial charge in [0.1, 0.15) is 0 Å². The molecule has 114 valence electrons. The molecule has 0 atom stereocenters. The molecule has 3 aromatic rings. The summed E-state index contributed by atoms with van der Waals surface area (Å²) < 4.78 is 0. The maximum Gasteiger partial charge on any atom is 0.201 e. The zero-order chi connectivity index (χ0) is 16.6. The molecule has 0 aliphatic rings. The third-order valence-corrected chi connectivity index (χ3v) is 3.51. The maximum absolute atomic E-state index is 12.8. The molecular weight excluding hydrogens is 292 g/mol. The second-order valence-electron chi connectivity index (χ2n) is 5.28. The highest BCUT2D eigenvalue weighted by Gasteiger charge is 2.10. The SMILES string of the molecule is O=C(/C(C#Cc1ccccc1)=C/c1ccccc1)c1ccccc1. The lowest BCUT2D eigenvalue weighted by molar-refractivity contribution is 0.104. The van der Waals surface area contributed by atoms with Crippen molar-refractivity contribution < 1.29 is 4.79 Å². The van der Waals surface area contributed by atoms with Crippen LogP contribution >= 0.6 is 0 Å². The van der Waals surface area contributed by atoms with Gasteiger partial charge in [-0.15, -0.1) is 0 Å². The number of allylic oxidation sites excluding steroid dienone is 1. The van der Waals surface area contributed by atoms with Gasteiger partial charge in [-0.05, 0) is 23.8 Å². The van der Waals surface area contributed by atoms with Crippen molar-refractivity contribution in [3.05, 3.63) is 113 Å². The number of benzene rings is 3. The summed E-state index contributed by atoms with van der Waals surface area (Å²) in [6.07, 6.45) is 1.84. The van der Waals surface area contributed by atoms with Crippen molar-refractivity contribution in [2.75, 3.05) is 0 Å². The minimum absolute atomic E-state index is 0.0668. The molecule has 0 spiro atoms. The molecule has 0 aliphatic heterocycles. The molecule has 1 heteroatoms. The molecule has 1 nitrogen and oxygen atoms in total. The molecule has 0 heterocycles. The van der Waals surface area contributed by atoms with Gasteiger partial charge in [0.05, 0.1) is 5.57 Å². The molecule has 0 aromatic heterocycles. The van der Waals surface area contributed by atoms with Gasteiger partial charge in [0.2, 0.25) is 5.78 Å². The first-order valence-corrected chi connectivity index (χ1v) is 7.76. The van der Waals surface area contributed by atoms with Crippen LogP contribution in [0.15, 0.2) is 96.6 Å². The van der Waals surface area contributed by atoms with Gasteiger partial charge >= 0.3 is 0 Å². The highest BCUT2D eigenvalue weighted by atomic mass is 16.1. The van der Waals surface area contributed by atoms with E-state index in [0.717, 1.165) is 11.1 Å². The summed E-state index contributed by atoms with van der Waals surface area (Å²) >= 11 is 0. The van der Waals surface area contributed by atoms with Crippen LogP contribution < -0.4 is 0 Å². The number of carbonyl (C=O) groups is 1. The number of carbonyl (C=O) groups excluding carboxylic acids is 1. The molecule has 0 N–H and O–H groups in total. The van der Waals surface area contributed by atoms with E-state index < -0.39 is 0 Å². The van der Waals surface area contributed by atoms with E-state index in [-0.39, 0.29) is 5.78 Å². The molecule has 0 amide bonds. The van der Waals surface area contributed by atoms with Crippen LogP contribution in [0.1, 0.15) is 21.5 Å². The van der Waals surface area contributed by atoms with E-state index in [1.807, 2.05) is 97.1 Å². The third kappa shape index (κ3) is 4.09. The molecule has 3 rings (SSSR count). The number of Topliss-reactive ketones (excluding diaryl/α,β-unsaturated/α-hetero) is 1. The van der Waals surface area contributed by atoms with Crippen LogP contribution in [0.4, 0.5) is 0 Å². The average Bonchev–Trinajstić information content (AvgIpc) is 2.67. The minimum atomic E-state index is -0.0668. The van der Waals surface area contributed by atoms with Gasteiger partial charge in [-0.2, -0.15) is 0 Å². The lowest BCUT2D eigenvalue weighted by Gasteiger charge is -2.01. The highest BCUT2D eigenvalue weighted by Crippen LogP contribution is 2.13. The monoisotopic (exact) mass is 308 g/mol. The van der Waals surface area contributed by atoms with Gasteiger partial charge in [0, 0.05) is 11.1 Å². The lowest BCUT2D eigenvalue weighted by atomic mass is 10.0. The summed E-state index contributed by atoms with van der Waals surface area (Å²) in [6.45, 7) is 0. The smallest absolute Gasteiger partial charge is 0.201 e. The van der Waals surface area contributed by atoms with Crippen LogP contribution in [-0.4, -0.2) is 5.78 Å². The second-order valence-corrected chi connectivity index (χ2v) is 5.28. The lowest BCUT2D eigenvalue weighted by Crippen LogP contribution is -2.01.